The van der Waals surface area contributed by atoms with Gasteiger partial charge < -0.3 is 0 Å². The molecular formula is C47H42N2. The van der Waals surface area contributed by atoms with Gasteiger partial charge in [0.15, 0.2) is 0 Å². The summed E-state index contributed by atoms with van der Waals surface area (Å²) >= 11 is 0. The normalized spacial score (nSPS) is 17.4. The summed E-state index contributed by atoms with van der Waals surface area (Å²) in [6.45, 7) is 0. The van der Waals surface area contributed by atoms with Crippen molar-refractivity contribution >= 4 is 55.0 Å². The Balaban J connectivity index is 1.16. The van der Waals surface area contributed by atoms with Crippen LogP contribution >= 0.6 is 0 Å². The third-order valence-corrected chi connectivity index (χ3v) is 12.0. The van der Waals surface area contributed by atoms with Gasteiger partial charge >= 0.3 is 0 Å². The van der Waals surface area contributed by atoms with Gasteiger partial charge in [0, 0.05) is 34.0 Å². The molecule has 0 N–H and O–H groups in total. The molecule has 0 bridgehead atoms. The van der Waals surface area contributed by atoms with Crippen LogP contribution in [0.3, 0.4) is 0 Å². The van der Waals surface area contributed by atoms with Gasteiger partial charge in [-0.1, -0.05) is 130 Å². The van der Waals surface area contributed by atoms with Crippen molar-refractivity contribution in [1.82, 2.24) is 9.97 Å². The molecule has 0 atom stereocenters. The third-order valence-electron chi connectivity index (χ3n) is 12.0. The molecule has 2 saturated carbocycles. The van der Waals surface area contributed by atoms with Gasteiger partial charge in [0.1, 0.15) is 0 Å². The zero-order valence-corrected chi connectivity index (χ0v) is 28.2. The van der Waals surface area contributed by atoms with Crippen LogP contribution in [0.25, 0.3) is 66.1 Å². The van der Waals surface area contributed by atoms with Crippen LogP contribution in [0.2, 0.25) is 0 Å². The minimum atomic E-state index is 0.513. The number of fused-ring (bicyclic) bond motifs is 3. The molecule has 0 aliphatic heterocycles. The molecule has 7 aromatic rings. The number of aromatic nitrogens is 2. The number of benzene rings is 5. The lowest BCUT2D eigenvalue weighted by atomic mass is 9.84. The van der Waals surface area contributed by atoms with E-state index in [1.807, 2.05) is 0 Å². The SMILES string of the molecule is C1=C(c2cccc(-c3cc(C4CCCCC4)nc4c3ccc3ccc(C5CCCCC5)nc34)c2)c2ccc3cccc4ccc(c2c34)=CC1. The maximum Gasteiger partial charge on any atom is 0.0974 e. The van der Waals surface area contributed by atoms with Crippen molar-refractivity contribution in [2.45, 2.75) is 82.5 Å². The van der Waals surface area contributed by atoms with E-state index >= 15 is 0 Å². The summed E-state index contributed by atoms with van der Waals surface area (Å²) in [6.07, 6.45) is 18.6. The molecule has 0 saturated heterocycles. The number of rotatable bonds is 4. The maximum absolute atomic E-state index is 5.52. The topological polar surface area (TPSA) is 25.8 Å². The summed E-state index contributed by atoms with van der Waals surface area (Å²) in [6, 6.07) is 36.9. The smallest absolute Gasteiger partial charge is 0.0974 e. The van der Waals surface area contributed by atoms with Crippen LogP contribution in [-0.4, -0.2) is 9.97 Å². The van der Waals surface area contributed by atoms with Crippen molar-refractivity contribution in [3.8, 4) is 11.1 Å². The van der Waals surface area contributed by atoms with Gasteiger partial charge in [0.05, 0.1) is 11.0 Å². The Morgan fingerprint density at radius 2 is 1.14 bits per heavy atom. The van der Waals surface area contributed by atoms with Crippen molar-refractivity contribution in [2.75, 3.05) is 0 Å². The molecule has 3 aliphatic rings. The van der Waals surface area contributed by atoms with Crippen molar-refractivity contribution in [3.05, 3.63) is 131 Å². The number of hydrogen-bond donors (Lipinski definition) is 0. The molecule has 3 aliphatic carbocycles. The van der Waals surface area contributed by atoms with E-state index < -0.39 is 0 Å². The predicted octanol–water partition coefficient (Wildman–Crippen LogP) is 12.2. The Morgan fingerprint density at radius 1 is 0.469 bits per heavy atom. The van der Waals surface area contributed by atoms with E-state index in [1.165, 1.54) is 141 Å². The summed E-state index contributed by atoms with van der Waals surface area (Å²) in [5, 5.41) is 9.13. The Labute approximate surface area is 288 Å². The van der Waals surface area contributed by atoms with Crippen molar-refractivity contribution < 1.29 is 0 Å². The largest absolute Gasteiger partial charge is 0.250 e. The maximum atomic E-state index is 5.52. The lowest BCUT2D eigenvalue weighted by Gasteiger charge is -2.23. The molecule has 0 amide bonds. The highest BCUT2D eigenvalue weighted by Crippen LogP contribution is 2.41. The molecule has 2 heterocycles. The summed E-state index contributed by atoms with van der Waals surface area (Å²) in [5.74, 6) is 1.08. The first-order chi connectivity index (χ1) is 24.3. The highest BCUT2D eigenvalue weighted by atomic mass is 14.8. The standard InChI is InChI=1S/C47H42N2/c1-3-10-30(11-4-1)42-27-24-35-23-26-40-41(29-43(31-12-5-2-6-13-31)49-47(40)46(35)48-42)37-18-8-17-36(28-37)38-19-9-16-34-21-20-32-14-7-15-33-22-25-39(38)45(34)44(32)33/h7-8,14-31H,1-6,9-13H2. The zero-order valence-electron chi connectivity index (χ0n) is 28.2. The van der Waals surface area contributed by atoms with Crippen molar-refractivity contribution in [1.29, 1.82) is 0 Å². The van der Waals surface area contributed by atoms with Crippen molar-refractivity contribution in [2.24, 2.45) is 0 Å². The van der Waals surface area contributed by atoms with Gasteiger partial charge in [-0.2, -0.15) is 0 Å². The lowest BCUT2D eigenvalue weighted by Crippen LogP contribution is -2.08. The first-order valence-electron chi connectivity index (χ1n) is 18.8. The molecule has 240 valence electrons. The summed E-state index contributed by atoms with van der Waals surface area (Å²) in [7, 11) is 0. The minimum Gasteiger partial charge on any atom is -0.250 e. The molecule has 2 heteroatoms. The van der Waals surface area contributed by atoms with Crippen LogP contribution in [0.15, 0.2) is 103 Å². The molecule has 0 unspecified atom stereocenters. The van der Waals surface area contributed by atoms with Gasteiger partial charge in [-0.25, -0.2) is 0 Å². The molecule has 2 nitrogen and oxygen atoms in total. The average molecular weight is 635 g/mol. The summed E-state index contributed by atoms with van der Waals surface area (Å²) < 4.78 is 0. The summed E-state index contributed by atoms with van der Waals surface area (Å²) in [5.41, 5.74) is 11.2. The van der Waals surface area contributed by atoms with Crippen LogP contribution in [-0.2, 0) is 0 Å². The molecule has 2 aromatic heterocycles. The van der Waals surface area contributed by atoms with Crippen LogP contribution < -0.4 is 5.22 Å². The van der Waals surface area contributed by atoms with E-state index in [0.717, 1.165) is 17.5 Å². The Bertz CT molecular complexity index is 2470. The van der Waals surface area contributed by atoms with Gasteiger partial charge in [0.25, 0.3) is 0 Å². The first-order valence-corrected chi connectivity index (χ1v) is 18.8. The molecule has 0 radical (unpaired) electrons. The number of nitrogens with zero attached hydrogens (tertiary/aromatic N) is 2. The quantitative estimate of drug-likeness (QED) is 0.180. The molecule has 10 rings (SSSR count). The van der Waals surface area contributed by atoms with Gasteiger partial charge in [-0.3, -0.25) is 9.97 Å². The predicted molar refractivity (Wildman–Crippen MR) is 207 cm³/mol. The second kappa shape index (κ2) is 11.9. The first kappa shape index (κ1) is 29.1. The molecule has 2 fully saturated rings. The summed E-state index contributed by atoms with van der Waals surface area (Å²) in [4.78, 5) is 11.0. The minimum absolute atomic E-state index is 0.513. The zero-order chi connectivity index (χ0) is 32.3. The monoisotopic (exact) mass is 634 g/mol. The lowest BCUT2D eigenvalue weighted by molar-refractivity contribution is 0.437. The molecule has 5 aromatic carbocycles. The van der Waals surface area contributed by atoms with E-state index in [1.54, 1.807) is 0 Å². The third kappa shape index (κ3) is 4.99. The van der Waals surface area contributed by atoms with Crippen LogP contribution in [0.5, 0.6) is 0 Å². The molecule has 49 heavy (non-hydrogen) atoms. The van der Waals surface area contributed by atoms with Crippen LogP contribution in [0.1, 0.15) is 105 Å². The van der Waals surface area contributed by atoms with Crippen LogP contribution in [0, 0.1) is 0 Å². The van der Waals surface area contributed by atoms with Gasteiger partial charge in [-0.15, -0.1) is 0 Å². The van der Waals surface area contributed by atoms with E-state index in [2.05, 4.69) is 109 Å². The van der Waals surface area contributed by atoms with Crippen molar-refractivity contribution in [3.63, 3.8) is 0 Å². The van der Waals surface area contributed by atoms with E-state index in [4.69, 9.17) is 9.97 Å². The number of pyridine rings is 2. The Hall–Kier alpha value is -4.82. The fraction of sp³-hybridized carbons (Fsp3) is 0.277. The molecule has 0 spiro atoms. The highest BCUT2D eigenvalue weighted by molar-refractivity contribution is 6.15. The fourth-order valence-corrected chi connectivity index (χ4v) is 9.42. The van der Waals surface area contributed by atoms with Gasteiger partial charge in [0.2, 0.25) is 0 Å². The Kier molecular flexibility index (Phi) is 7.10. The fourth-order valence-electron chi connectivity index (χ4n) is 9.42. The van der Waals surface area contributed by atoms with Gasteiger partial charge in [-0.05, 0) is 105 Å². The highest BCUT2D eigenvalue weighted by Gasteiger charge is 2.23. The molecular weight excluding hydrogens is 593 g/mol. The number of allylic oxidation sites excluding steroid dienone is 1. The Morgan fingerprint density at radius 3 is 1.96 bits per heavy atom. The number of hydrogen-bond acceptors (Lipinski definition) is 2. The van der Waals surface area contributed by atoms with E-state index in [0.29, 0.717) is 11.8 Å². The second-order valence-electron chi connectivity index (χ2n) is 14.9. The average Bonchev–Trinajstić information content (AvgIpc) is 3.37. The van der Waals surface area contributed by atoms with Crippen LogP contribution in [0.4, 0.5) is 0 Å². The van der Waals surface area contributed by atoms with E-state index in [-0.39, 0.29) is 0 Å². The van der Waals surface area contributed by atoms with E-state index in [9.17, 15) is 0 Å². The second-order valence-corrected chi connectivity index (χ2v) is 14.9.